The Balaban J connectivity index is 3.45. The minimum atomic E-state index is -0.767. The van der Waals surface area contributed by atoms with Gasteiger partial charge in [0.25, 0.3) is 0 Å². The highest BCUT2D eigenvalue weighted by Crippen LogP contribution is 2.17. The number of esters is 2. The Hall–Kier alpha value is -1.36. The normalized spacial score (nSPS) is 12.1. The van der Waals surface area contributed by atoms with Gasteiger partial charge in [0.05, 0.1) is 6.61 Å². The van der Waals surface area contributed by atoms with Crippen molar-refractivity contribution >= 4 is 11.9 Å². The second-order valence-electron chi connectivity index (χ2n) is 17.3. The maximum atomic E-state index is 12.3. The molecule has 0 aromatic rings. The maximum absolute atomic E-state index is 12.3. The van der Waals surface area contributed by atoms with Gasteiger partial charge in [0, 0.05) is 12.8 Å². The molecule has 1 unspecified atom stereocenters. The van der Waals surface area contributed by atoms with E-state index in [-0.39, 0.29) is 25.2 Å². The molecule has 0 aromatic carbocycles. The molecule has 0 aliphatic carbocycles. The van der Waals surface area contributed by atoms with Crippen LogP contribution >= 0.6 is 0 Å². The third-order valence-corrected chi connectivity index (χ3v) is 11.6. The van der Waals surface area contributed by atoms with E-state index in [0.29, 0.717) is 12.8 Å². The van der Waals surface area contributed by atoms with Gasteiger partial charge in [-0.05, 0) is 38.5 Å². The van der Waals surface area contributed by atoms with Crippen LogP contribution in [-0.4, -0.2) is 36.4 Å². The summed E-state index contributed by atoms with van der Waals surface area (Å²) < 4.78 is 10.7. The molecule has 1 atom stereocenters. The van der Waals surface area contributed by atoms with Crippen LogP contribution in [0.2, 0.25) is 0 Å². The fourth-order valence-corrected chi connectivity index (χ4v) is 7.73. The van der Waals surface area contributed by atoms with E-state index in [1.165, 1.54) is 225 Å². The molecular weight excluding hydrogens is 693 g/mol. The van der Waals surface area contributed by atoms with E-state index in [0.717, 1.165) is 32.1 Å². The Morgan fingerprint density at radius 2 is 0.661 bits per heavy atom. The number of hydrogen-bond acceptors (Lipinski definition) is 5. The number of rotatable bonds is 47. The summed E-state index contributed by atoms with van der Waals surface area (Å²) in [6, 6.07) is 0. The van der Waals surface area contributed by atoms with Gasteiger partial charge in [-0.1, -0.05) is 244 Å². The lowest BCUT2D eigenvalue weighted by Gasteiger charge is -2.15. The average molecular weight is 791 g/mol. The van der Waals surface area contributed by atoms with E-state index in [4.69, 9.17) is 9.47 Å². The largest absolute Gasteiger partial charge is 0.462 e. The highest BCUT2D eigenvalue weighted by molar-refractivity contribution is 5.70. The van der Waals surface area contributed by atoms with Crippen LogP contribution in [0.25, 0.3) is 0 Å². The Kier molecular flexibility index (Phi) is 46.8. The topological polar surface area (TPSA) is 72.8 Å². The summed E-state index contributed by atoms with van der Waals surface area (Å²) >= 11 is 0. The zero-order chi connectivity index (χ0) is 40.7. The molecule has 0 spiro atoms. The summed E-state index contributed by atoms with van der Waals surface area (Å²) in [5, 5.41) is 9.62. The van der Waals surface area contributed by atoms with E-state index in [1.54, 1.807) is 0 Å². The van der Waals surface area contributed by atoms with Gasteiger partial charge < -0.3 is 14.6 Å². The molecule has 332 valence electrons. The minimum Gasteiger partial charge on any atom is -0.462 e. The van der Waals surface area contributed by atoms with E-state index < -0.39 is 6.10 Å². The highest BCUT2D eigenvalue weighted by atomic mass is 16.6. The molecule has 5 heteroatoms. The fourth-order valence-electron chi connectivity index (χ4n) is 7.73. The van der Waals surface area contributed by atoms with Gasteiger partial charge in [-0.15, -0.1) is 0 Å². The van der Waals surface area contributed by atoms with E-state index >= 15 is 0 Å². The predicted molar refractivity (Wildman–Crippen MR) is 242 cm³/mol. The zero-order valence-electron chi connectivity index (χ0n) is 37.9. The summed E-state index contributed by atoms with van der Waals surface area (Å²) in [4.78, 5) is 24.4. The average Bonchev–Trinajstić information content (AvgIpc) is 3.20. The van der Waals surface area contributed by atoms with Crippen LogP contribution in [-0.2, 0) is 19.1 Å². The summed E-state index contributed by atoms with van der Waals surface area (Å²) in [7, 11) is 0. The minimum absolute atomic E-state index is 0.0596. The smallest absolute Gasteiger partial charge is 0.306 e. The zero-order valence-corrected chi connectivity index (χ0v) is 37.9. The number of ether oxygens (including phenoxy) is 2. The first-order valence-corrected chi connectivity index (χ1v) is 25.2. The van der Waals surface area contributed by atoms with Crippen molar-refractivity contribution in [2.75, 3.05) is 13.2 Å². The lowest BCUT2D eigenvalue weighted by molar-refractivity contribution is -0.161. The second kappa shape index (κ2) is 48.0. The number of allylic oxidation sites excluding steroid dienone is 2. The molecule has 5 nitrogen and oxygen atoms in total. The second-order valence-corrected chi connectivity index (χ2v) is 17.3. The quantitative estimate of drug-likeness (QED) is 0.0378. The molecule has 0 saturated carbocycles. The lowest BCUT2D eigenvalue weighted by atomic mass is 10.0. The molecule has 0 aromatic heterocycles. The van der Waals surface area contributed by atoms with Gasteiger partial charge >= 0.3 is 11.9 Å². The van der Waals surface area contributed by atoms with E-state index in [9.17, 15) is 14.7 Å². The third kappa shape index (κ3) is 45.3. The van der Waals surface area contributed by atoms with Crippen molar-refractivity contribution in [2.24, 2.45) is 0 Å². The van der Waals surface area contributed by atoms with Crippen molar-refractivity contribution in [2.45, 2.75) is 290 Å². The maximum Gasteiger partial charge on any atom is 0.306 e. The van der Waals surface area contributed by atoms with E-state index in [1.807, 2.05) is 0 Å². The van der Waals surface area contributed by atoms with Crippen LogP contribution in [0, 0.1) is 0 Å². The molecule has 0 amide bonds. The van der Waals surface area contributed by atoms with Crippen molar-refractivity contribution in [3.05, 3.63) is 12.2 Å². The molecule has 0 bridgehead atoms. The summed E-state index contributed by atoms with van der Waals surface area (Å²) in [5.41, 5.74) is 0. The SMILES string of the molecule is CCCCCCCCCC/C=C\CCCCCCCCCCCC(=O)OC(CO)COC(=O)CCCCCCCCCCCCCCCCCCCCCCC. The molecule has 0 saturated heterocycles. The van der Waals surface area contributed by atoms with Gasteiger partial charge in [-0.3, -0.25) is 9.59 Å². The van der Waals surface area contributed by atoms with Crippen LogP contribution in [0.15, 0.2) is 12.2 Å². The van der Waals surface area contributed by atoms with Gasteiger partial charge in [-0.25, -0.2) is 0 Å². The number of hydrogen-bond donors (Lipinski definition) is 1. The summed E-state index contributed by atoms with van der Waals surface area (Å²) in [6.07, 6.45) is 57.3. The molecular formula is C51H98O5. The van der Waals surface area contributed by atoms with Crippen LogP contribution in [0.4, 0.5) is 0 Å². The van der Waals surface area contributed by atoms with Crippen molar-refractivity contribution in [3.8, 4) is 0 Å². The number of carbonyl (C=O) groups excluding carboxylic acids is 2. The molecule has 0 fully saturated rings. The van der Waals surface area contributed by atoms with Gasteiger partial charge in [0.15, 0.2) is 6.10 Å². The first-order valence-electron chi connectivity index (χ1n) is 25.2. The van der Waals surface area contributed by atoms with Crippen molar-refractivity contribution in [1.29, 1.82) is 0 Å². The van der Waals surface area contributed by atoms with Crippen LogP contribution in [0.1, 0.15) is 284 Å². The monoisotopic (exact) mass is 791 g/mol. The standard InChI is InChI=1S/C51H98O5/c1-3-5-7-9-11-13-15-17-19-21-23-25-27-29-31-33-35-37-39-41-43-45-50(53)55-48-49(47-52)56-51(54)46-44-42-40-38-36-34-32-30-28-26-24-22-20-18-16-14-12-10-8-6-4-2/h22,24,49,52H,3-21,23,25-48H2,1-2H3/b24-22-. The highest BCUT2D eigenvalue weighted by Gasteiger charge is 2.16. The van der Waals surface area contributed by atoms with Gasteiger partial charge in [-0.2, -0.15) is 0 Å². The van der Waals surface area contributed by atoms with E-state index in [2.05, 4.69) is 26.0 Å². The molecule has 56 heavy (non-hydrogen) atoms. The van der Waals surface area contributed by atoms with Crippen molar-refractivity contribution in [3.63, 3.8) is 0 Å². The van der Waals surface area contributed by atoms with Crippen LogP contribution in [0.5, 0.6) is 0 Å². The van der Waals surface area contributed by atoms with Crippen LogP contribution < -0.4 is 0 Å². The van der Waals surface area contributed by atoms with Gasteiger partial charge in [0.1, 0.15) is 6.61 Å². The first-order chi connectivity index (χ1) is 27.6. The number of aliphatic hydroxyl groups excluding tert-OH is 1. The molecule has 0 aliphatic heterocycles. The lowest BCUT2D eigenvalue weighted by Crippen LogP contribution is -2.28. The predicted octanol–water partition coefficient (Wildman–Crippen LogP) is 16.4. The number of carbonyl (C=O) groups is 2. The molecule has 0 aliphatic rings. The van der Waals surface area contributed by atoms with Gasteiger partial charge in [0.2, 0.25) is 0 Å². The Morgan fingerprint density at radius 1 is 0.393 bits per heavy atom. The molecule has 0 heterocycles. The summed E-state index contributed by atoms with van der Waals surface area (Å²) in [5.74, 6) is -0.574. The Labute approximate surface area is 350 Å². The Morgan fingerprint density at radius 3 is 0.964 bits per heavy atom. The first kappa shape index (κ1) is 54.6. The van der Waals surface area contributed by atoms with Crippen molar-refractivity contribution < 1.29 is 24.2 Å². The third-order valence-electron chi connectivity index (χ3n) is 11.6. The van der Waals surface area contributed by atoms with Crippen LogP contribution in [0.3, 0.4) is 0 Å². The number of aliphatic hydroxyl groups is 1. The summed E-state index contributed by atoms with van der Waals surface area (Å²) in [6.45, 7) is 4.18. The Bertz CT molecular complexity index is 810. The molecule has 1 N–H and O–H groups in total. The molecule has 0 rings (SSSR count). The molecule has 0 radical (unpaired) electrons. The number of unbranched alkanes of at least 4 members (excludes halogenated alkanes) is 37. The fraction of sp³-hybridized carbons (Fsp3) is 0.922. The van der Waals surface area contributed by atoms with Crippen molar-refractivity contribution in [1.82, 2.24) is 0 Å².